The zero-order valence-electron chi connectivity index (χ0n) is 18.9. The first-order valence-electron chi connectivity index (χ1n) is 10.7. The lowest BCUT2D eigenvalue weighted by Gasteiger charge is -2.35. The van der Waals surface area contributed by atoms with Crippen molar-refractivity contribution < 1.29 is 9.18 Å². The van der Waals surface area contributed by atoms with Gasteiger partial charge in [-0.05, 0) is 26.0 Å². The highest BCUT2D eigenvalue weighted by atomic mass is 19.1. The molecule has 0 aliphatic carbocycles. The number of nitrogens with two attached hydrogens (primary N) is 2. The number of fused-ring (bicyclic) bond motifs is 1. The number of carbonyl (C=O) groups is 1. The second-order valence-electron chi connectivity index (χ2n) is 7.51. The Morgan fingerprint density at radius 3 is 2.75 bits per heavy atom. The van der Waals surface area contributed by atoms with E-state index in [0.29, 0.717) is 23.1 Å². The number of halogens is 1. The SMILES string of the molecule is CC.Cc1cn2cc(NC(=O)c3ccc(N4CCNC(C)C4)c(NN)c3N)cc(F)c2n1. The van der Waals surface area contributed by atoms with E-state index >= 15 is 0 Å². The highest BCUT2D eigenvalue weighted by molar-refractivity contribution is 6.10. The van der Waals surface area contributed by atoms with Crippen LogP contribution < -0.4 is 32.5 Å². The Labute approximate surface area is 186 Å². The van der Waals surface area contributed by atoms with Crippen molar-refractivity contribution in [2.45, 2.75) is 33.7 Å². The highest BCUT2D eigenvalue weighted by Gasteiger charge is 2.22. The van der Waals surface area contributed by atoms with Crippen molar-refractivity contribution in [2.24, 2.45) is 5.84 Å². The summed E-state index contributed by atoms with van der Waals surface area (Å²) in [6.45, 7) is 10.3. The van der Waals surface area contributed by atoms with Crippen LogP contribution in [0.15, 0.2) is 30.6 Å². The minimum absolute atomic E-state index is 0.203. The molecule has 1 saturated heterocycles. The smallest absolute Gasteiger partial charge is 0.257 e. The first kappa shape index (κ1) is 23.3. The second-order valence-corrected chi connectivity index (χ2v) is 7.51. The summed E-state index contributed by atoms with van der Waals surface area (Å²) < 4.78 is 15.8. The number of hydrogen-bond acceptors (Lipinski definition) is 7. The summed E-state index contributed by atoms with van der Waals surface area (Å²) in [6.07, 6.45) is 3.28. The fourth-order valence-corrected chi connectivity index (χ4v) is 3.82. The molecule has 1 atom stereocenters. The lowest BCUT2D eigenvalue weighted by molar-refractivity contribution is 0.102. The van der Waals surface area contributed by atoms with Crippen LogP contribution in [0.2, 0.25) is 0 Å². The molecule has 4 rings (SSSR count). The van der Waals surface area contributed by atoms with Gasteiger partial charge in [0.25, 0.3) is 5.91 Å². The molecule has 1 aliphatic rings. The third kappa shape index (κ3) is 4.61. The first-order chi connectivity index (χ1) is 15.4. The minimum atomic E-state index is -0.527. The van der Waals surface area contributed by atoms with E-state index in [1.165, 1.54) is 10.5 Å². The van der Waals surface area contributed by atoms with Gasteiger partial charge in [0.15, 0.2) is 11.5 Å². The van der Waals surface area contributed by atoms with Gasteiger partial charge in [0.1, 0.15) is 0 Å². The maximum atomic E-state index is 14.3. The van der Waals surface area contributed by atoms with Crippen LogP contribution in [0.4, 0.5) is 27.1 Å². The average molecular weight is 443 g/mol. The monoisotopic (exact) mass is 442 g/mol. The lowest BCUT2D eigenvalue weighted by Crippen LogP contribution is -2.49. The molecule has 0 spiro atoms. The first-order valence-corrected chi connectivity index (χ1v) is 10.7. The zero-order valence-corrected chi connectivity index (χ0v) is 18.9. The summed E-state index contributed by atoms with van der Waals surface area (Å²) in [5.41, 5.74) is 11.9. The molecule has 1 aliphatic heterocycles. The van der Waals surface area contributed by atoms with Gasteiger partial charge in [-0.1, -0.05) is 13.8 Å². The number of hydrogen-bond donors (Lipinski definition) is 5. The molecule has 1 aromatic carbocycles. The van der Waals surface area contributed by atoms with Gasteiger partial charge in [-0.15, -0.1) is 0 Å². The van der Waals surface area contributed by atoms with Crippen LogP contribution >= 0.6 is 0 Å². The number of anilines is 4. The standard InChI is InChI=1S/C20H25FN8O.C2H6/c1-11-8-28(6-5-24-11)16-4-3-14(17(22)18(16)27-23)20(30)26-13-7-15(21)19-25-12(2)9-29(19)10-13;1-2/h3-4,7,9-11,24,27H,5-6,8,22-23H2,1-2H3,(H,26,30);1-2H3. The fraction of sp³-hybridized carbons (Fsp3) is 0.364. The lowest BCUT2D eigenvalue weighted by atomic mass is 10.1. The Bertz CT molecular complexity index is 1110. The van der Waals surface area contributed by atoms with Crippen LogP contribution in [0.1, 0.15) is 36.8 Å². The van der Waals surface area contributed by atoms with Crippen LogP contribution in [0.5, 0.6) is 0 Å². The quantitative estimate of drug-likeness (QED) is 0.239. The highest BCUT2D eigenvalue weighted by Crippen LogP contribution is 2.34. The third-order valence-electron chi connectivity index (χ3n) is 5.21. The molecule has 1 fully saturated rings. The Morgan fingerprint density at radius 2 is 2.06 bits per heavy atom. The summed E-state index contributed by atoms with van der Waals surface area (Å²) in [4.78, 5) is 19.1. The molecule has 3 aromatic rings. The summed E-state index contributed by atoms with van der Waals surface area (Å²) in [7, 11) is 0. The Balaban J connectivity index is 0.00000141. The van der Waals surface area contributed by atoms with Crippen molar-refractivity contribution in [2.75, 3.05) is 41.0 Å². The number of carbonyl (C=O) groups excluding carboxylic acids is 1. The molecular formula is C22H31FN8O. The van der Waals surface area contributed by atoms with Crippen LogP contribution in [0.3, 0.4) is 0 Å². The predicted molar refractivity (Wildman–Crippen MR) is 128 cm³/mol. The van der Waals surface area contributed by atoms with E-state index < -0.39 is 11.7 Å². The molecule has 172 valence electrons. The number of nitrogens with one attached hydrogen (secondary N) is 3. The Kier molecular flexibility index (Phi) is 7.16. The summed E-state index contributed by atoms with van der Waals surface area (Å²) in [5.74, 6) is 4.75. The maximum absolute atomic E-state index is 14.3. The molecule has 0 radical (unpaired) electrons. The van der Waals surface area contributed by atoms with Crippen LogP contribution in [0.25, 0.3) is 5.65 Å². The van der Waals surface area contributed by atoms with Crippen LogP contribution in [-0.2, 0) is 0 Å². The molecule has 9 nitrogen and oxygen atoms in total. The topological polar surface area (TPSA) is 126 Å². The largest absolute Gasteiger partial charge is 0.396 e. The van der Waals surface area contributed by atoms with Gasteiger partial charge < -0.3 is 31.1 Å². The van der Waals surface area contributed by atoms with Crippen molar-refractivity contribution in [1.82, 2.24) is 14.7 Å². The number of hydrazine groups is 1. The molecule has 1 unspecified atom stereocenters. The molecule has 7 N–H and O–H groups in total. The average Bonchev–Trinajstić information content (AvgIpc) is 3.15. The number of imidazole rings is 1. The van der Waals surface area contributed by atoms with Gasteiger partial charge in [0.2, 0.25) is 0 Å². The summed E-state index contributed by atoms with van der Waals surface area (Å²) in [6, 6.07) is 5.03. The normalized spacial score (nSPS) is 15.8. The molecule has 10 heteroatoms. The van der Waals surface area contributed by atoms with Crippen LogP contribution in [-0.4, -0.2) is 41.0 Å². The van der Waals surface area contributed by atoms with Gasteiger partial charge in [0.05, 0.1) is 34.0 Å². The molecule has 1 amide bonds. The molecule has 2 aromatic heterocycles. The minimum Gasteiger partial charge on any atom is -0.396 e. The maximum Gasteiger partial charge on any atom is 0.257 e. The Hall–Kier alpha value is -3.37. The number of nitrogens with zero attached hydrogens (tertiary/aromatic N) is 3. The number of amides is 1. The summed E-state index contributed by atoms with van der Waals surface area (Å²) >= 11 is 0. The third-order valence-corrected chi connectivity index (χ3v) is 5.21. The molecular weight excluding hydrogens is 411 g/mol. The van der Waals surface area contributed by atoms with E-state index in [-0.39, 0.29) is 16.9 Å². The van der Waals surface area contributed by atoms with E-state index in [9.17, 15) is 9.18 Å². The van der Waals surface area contributed by atoms with E-state index in [4.69, 9.17) is 11.6 Å². The molecule has 3 heterocycles. The number of aromatic nitrogens is 2. The van der Waals surface area contributed by atoms with Gasteiger partial charge in [0, 0.05) is 44.1 Å². The predicted octanol–water partition coefficient (Wildman–Crippen LogP) is 2.73. The van der Waals surface area contributed by atoms with Gasteiger partial charge in [-0.3, -0.25) is 10.6 Å². The number of rotatable bonds is 4. The van der Waals surface area contributed by atoms with Gasteiger partial charge in [-0.2, -0.15) is 0 Å². The molecule has 0 bridgehead atoms. The number of aryl methyl sites for hydroxylation is 1. The fourth-order valence-electron chi connectivity index (χ4n) is 3.82. The van der Waals surface area contributed by atoms with Crippen molar-refractivity contribution in [1.29, 1.82) is 0 Å². The number of piperazine rings is 1. The van der Waals surface area contributed by atoms with Crippen LogP contribution in [0, 0.1) is 12.7 Å². The number of pyridine rings is 1. The van der Waals surface area contributed by atoms with E-state index in [0.717, 1.165) is 25.3 Å². The zero-order chi connectivity index (χ0) is 23.4. The van der Waals surface area contributed by atoms with E-state index in [1.54, 1.807) is 25.4 Å². The van der Waals surface area contributed by atoms with Crippen molar-refractivity contribution in [3.8, 4) is 0 Å². The molecule has 0 saturated carbocycles. The molecule has 32 heavy (non-hydrogen) atoms. The van der Waals surface area contributed by atoms with Crippen molar-refractivity contribution >= 4 is 34.3 Å². The van der Waals surface area contributed by atoms with Crippen molar-refractivity contribution in [3.05, 3.63) is 47.7 Å². The van der Waals surface area contributed by atoms with Crippen molar-refractivity contribution in [3.63, 3.8) is 0 Å². The second kappa shape index (κ2) is 9.84. The van der Waals surface area contributed by atoms with E-state index in [1.807, 2.05) is 19.9 Å². The van der Waals surface area contributed by atoms with E-state index in [2.05, 4.69) is 32.9 Å². The number of nitrogen functional groups attached to an aromatic ring is 2. The van der Waals surface area contributed by atoms with Gasteiger partial charge in [-0.25, -0.2) is 9.37 Å². The number of benzene rings is 1. The van der Waals surface area contributed by atoms with Gasteiger partial charge >= 0.3 is 0 Å². The summed E-state index contributed by atoms with van der Waals surface area (Å²) in [5, 5.41) is 6.08. The Morgan fingerprint density at radius 1 is 1.31 bits per heavy atom.